The number of ether oxygens (including phenoxy) is 3. The van der Waals surface area contributed by atoms with Crippen LogP contribution in [0.25, 0.3) is 5.57 Å². The quantitative estimate of drug-likeness (QED) is 0.746. The summed E-state index contributed by atoms with van der Waals surface area (Å²) in [6.45, 7) is 5.56. The maximum absolute atomic E-state index is 6.48. The molecule has 31 heavy (non-hydrogen) atoms. The van der Waals surface area contributed by atoms with Crippen molar-refractivity contribution in [3.05, 3.63) is 71.4 Å². The van der Waals surface area contributed by atoms with Crippen molar-refractivity contribution in [3.8, 4) is 17.6 Å². The van der Waals surface area contributed by atoms with E-state index in [0.29, 0.717) is 19.8 Å². The van der Waals surface area contributed by atoms with E-state index in [4.69, 9.17) is 24.9 Å². The van der Waals surface area contributed by atoms with Gasteiger partial charge in [-0.3, -0.25) is 0 Å². The molecule has 3 aliphatic heterocycles. The van der Waals surface area contributed by atoms with Crippen LogP contribution in [-0.4, -0.2) is 31.9 Å². The number of allylic oxidation sites excluding steroid dienone is 8. The Kier molecular flexibility index (Phi) is 4.75. The Bertz CT molecular complexity index is 1130. The van der Waals surface area contributed by atoms with Gasteiger partial charge in [-0.25, -0.2) is 4.99 Å². The highest BCUT2D eigenvalue weighted by atomic mass is 16.5. The molecule has 5 heteroatoms. The van der Waals surface area contributed by atoms with Crippen LogP contribution in [0.3, 0.4) is 0 Å². The molecule has 5 nitrogen and oxygen atoms in total. The Labute approximate surface area is 183 Å². The van der Waals surface area contributed by atoms with Crippen molar-refractivity contribution >= 4 is 11.6 Å². The van der Waals surface area contributed by atoms with Gasteiger partial charge in [-0.05, 0) is 48.8 Å². The number of fused-ring (bicyclic) bond motifs is 3. The number of nitrogens with two attached hydrogens (primary N) is 1. The van der Waals surface area contributed by atoms with Crippen LogP contribution in [0.1, 0.15) is 31.4 Å². The second-order valence-electron chi connectivity index (χ2n) is 8.31. The minimum absolute atomic E-state index is 0.00199. The molecule has 1 saturated heterocycles. The van der Waals surface area contributed by atoms with Gasteiger partial charge in [0.15, 0.2) is 0 Å². The van der Waals surface area contributed by atoms with Gasteiger partial charge in [0.2, 0.25) is 0 Å². The molecule has 0 saturated carbocycles. The van der Waals surface area contributed by atoms with E-state index in [9.17, 15) is 0 Å². The lowest BCUT2D eigenvalue weighted by atomic mass is 9.59. The van der Waals surface area contributed by atoms with Gasteiger partial charge in [0.05, 0.1) is 18.6 Å². The fourth-order valence-corrected chi connectivity index (χ4v) is 5.03. The molecule has 0 radical (unpaired) electrons. The molecule has 158 valence electrons. The summed E-state index contributed by atoms with van der Waals surface area (Å²) in [6, 6.07) is 6.54. The van der Waals surface area contributed by atoms with Crippen LogP contribution >= 0.6 is 0 Å². The van der Waals surface area contributed by atoms with Crippen LogP contribution < -0.4 is 10.5 Å². The lowest BCUT2D eigenvalue weighted by Gasteiger charge is -2.57. The lowest BCUT2D eigenvalue weighted by molar-refractivity contribution is -0.216. The molecular weight excluding hydrogens is 388 g/mol. The standard InChI is InChI=1S/C26H26N2O3/c1-3-8-18-9-6-5-7-10-19(13-18)20-11-12-22-21(14-20)26(17-30-24(27)28-26)25(15-29-16-25)23(4-2)31-22/h5-7,9-14,23H,4,15-17H2,1-2H3,(H2,27,28)/b6-5?,7-5+,9-6+,10-7?,18-9?,18-13-,19-10+,19-13?. The molecular formula is C26H26N2O3. The van der Waals surface area contributed by atoms with E-state index in [1.165, 1.54) is 0 Å². The summed E-state index contributed by atoms with van der Waals surface area (Å²) in [6.07, 6.45) is 13.1. The summed E-state index contributed by atoms with van der Waals surface area (Å²) in [5.74, 6) is 6.99. The Morgan fingerprint density at radius 2 is 2.06 bits per heavy atom. The number of amidine groups is 1. The number of rotatable bonds is 2. The van der Waals surface area contributed by atoms with E-state index in [1.807, 2.05) is 37.3 Å². The Morgan fingerprint density at radius 1 is 1.19 bits per heavy atom. The molecule has 2 unspecified atom stereocenters. The Hall–Kier alpha value is -3.23. The number of aliphatic imine (C=N–C) groups is 1. The van der Waals surface area contributed by atoms with Crippen molar-refractivity contribution in [2.24, 2.45) is 16.1 Å². The summed E-state index contributed by atoms with van der Waals surface area (Å²) in [5, 5.41) is 0. The van der Waals surface area contributed by atoms with Gasteiger partial charge in [0, 0.05) is 11.1 Å². The summed E-state index contributed by atoms with van der Waals surface area (Å²) < 4.78 is 17.9. The van der Waals surface area contributed by atoms with Crippen LogP contribution in [0, 0.1) is 17.3 Å². The first-order valence-electron chi connectivity index (χ1n) is 10.7. The van der Waals surface area contributed by atoms with Crippen LogP contribution in [0.4, 0.5) is 0 Å². The average molecular weight is 415 g/mol. The van der Waals surface area contributed by atoms with Crippen LogP contribution in [0.15, 0.2) is 65.2 Å². The molecule has 0 bridgehead atoms. The monoisotopic (exact) mass is 414 g/mol. The highest BCUT2D eigenvalue weighted by Gasteiger charge is 2.67. The van der Waals surface area contributed by atoms with Crippen molar-refractivity contribution in [2.45, 2.75) is 31.9 Å². The fourth-order valence-electron chi connectivity index (χ4n) is 5.03. The van der Waals surface area contributed by atoms with E-state index in [1.54, 1.807) is 0 Å². The maximum Gasteiger partial charge on any atom is 0.283 e. The first-order chi connectivity index (χ1) is 15.1. The SMILES string of the molecule is CC#CC1=C/C(c2ccc3c(c2)C2(COC(N)=N2)C2(COC2)C(CC)O3)=C\C=C\C=C\1. The largest absolute Gasteiger partial charge is 0.489 e. The molecule has 0 amide bonds. The van der Waals surface area contributed by atoms with Crippen LogP contribution in [0.2, 0.25) is 0 Å². The predicted molar refractivity (Wildman–Crippen MR) is 121 cm³/mol. The first-order valence-corrected chi connectivity index (χ1v) is 10.7. The van der Waals surface area contributed by atoms with Crippen LogP contribution in [0.5, 0.6) is 5.75 Å². The molecule has 0 aromatic heterocycles. The first kappa shape index (κ1) is 19.7. The second-order valence-corrected chi connectivity index (χ2v) is 8.31. The Balaban J connectivity index is 1.67. The van der Waals surface area contributed by atoms with E-state index in [0.717, 1.165) is 34.4 Å². The molecule has 3 heterocycles. The zero-order valence-electron chi connectivity index (χ0n) is 17.9. The van der Waals surface area contributed by atoms with Crippen molar-refractivity contribution in [1.29, 1.82) is 0 Å². The second kappa shape index (κ2) is 7.47. The van der Waals surface area contributed by atoms with Crippen molar-refractivity contribution in [2.75, 3.05) is 19.8 Å². The van der Waals surface area contributed by atoms with E-state index >= 15 is 0 Å². The minimum atomic E-state index is -0.604. The van der Waals surface area contributed by atoms with Gasteiger partial charge in [-0.2, -0.15) is 0 Å². The topological polar surface area (TPSA) is 66.1 Å². The van der Waals surface area contributed by atoms with Crippen LogP contribution in [-0.2, 0) is 15.0 Å². The van der Waals surface area contributed by atoms with Crippen molar-refractivity contribution in [3.63, 3.8) is 0 Å². The molecule has 1 aromatic rings. The predicted octanol–water partition coefficient (Wildman–Crippen LogP) is 3.87. The highest BCUT2D eigenvalue weighted by molar-refractivity contribution is 5.80. The van der Waals surface area contributed by atoms with Crippen molar-refractivity contribution < 1.29 is 14.2 Å². The van der Waals surface area contributed by atoms with Gasteiger partial charge in [0.1, 0.15) is 24.0 Å². The van der Waals surface area contributed by atoms with Gasteiger partial charge in [-0.15, -0.1) is 5.92 Å². The number of hydrogen-bond donors (Lipinski definition) is 1. The van der Waals surface area contributed by atoms with E-state index < -0.39 is 5.54 Å². The zero-order chi connectivity index (χ0) is 21.5. The van der Waals surface area contributed by atoms with Gasteiger partial charge >= 0.3 is 0 Å². The van der Waals surface area contributed by atoms with Gasteiger partial charge in [0.25, 0.3) is 6.02 Å². The third-order valence-electron chi connectivity index (χ3n) is 6.64. The van der Waals surface area contributed by atoms with Crippen molar-refractivity contribution in [1.82, 2.24) is 0 Å². The fraction of sp³-hybridized carbons (Fsp3) is 0.346. The summed E-state index contributed by atoms with van der Waals surface area (Å²) in [5.41, 5.74) is 9.29. The van der Waals surface area contributed by atoms with Gasteiger partial charge < -0.3 is 19.9 Å². The molecule has 1 aliphatic carbocycles. The lowest BCUT2D eigenvalue weighted by Crippen LogP contribution is -2.67. The highest BCUT2D eigenvalue weighted by Crippen LogP contribution is 2.59. The summed E-state index contributed by atoms with van der Waals surface area (Å²) in [7, 11) is 0. The molecule has 1 fully saturated rings. The molecule has 2 spiro atoms. The molecule has 4 aliphatic rings. The molecule has 2 atom stereocenters. The minimum Gasteiger partial charge on any atom is -0.489 e. The normalized spacial score (nSPS) is 32.8. The van der Waals surface area contributed by atoms with E-state index in [2.05, 4.69) is 43.0 Å². The third kappa shape index (κ3) is 2.94. The maximum atomic E-state index is 6.48. The summed E-state index contributed by atoms with van der Waals surface area (Å²) >= 11 is 0. The average Bonchev–Trinajstić information content (AvgIpc) is 3.10. The summed E-state index contributed by atoms with van der Waals surface area (Å²) in [4.78, 5) is 4.89. The number of benzene rings is 1. The smallest absolute Gasteiger partial charge is 0.283 e. The number of nitrogens with zero attached hydrogens (tertiary/aromatic N) is 1. The third-order valence-corrected chi connectivity index (χ3v) is 6.64. The molecule has 5 rings (SSSR count). The van der Waals surface area contributed by atoms with E-state index in [-0.39, 0.29) is 17.5 Å². The Morgan fingerprint density at radius 3 is 2.74 bits per heavy atom. The molecule has 2 N–H and O–H groups in total. The molecule has 1 aromatic carbocycles. The van der Waals surface area contributed by atoms with Gasteiger partial charge in [-0.1, -0.05) is 43.2 Å². The number of hydrogen-bond acceptors (Lipinski definition) is 5. The zero-order valence-corrected chi connectivity index (χ0v) is 17.9.